The van der Waals surface area contributed by atoms with Crippen LogP contribution >= 0.6 is 0 Å². The number of methoxy groups -OCH3 is 1. The normalized spacial score (nSPS) is 31.1. The third kappa shape index (κ3) is 2.70. The van der Waals surface area contributed by atoms with Crippen LogP contribution in [0.1, 0.15) is 41.8 Å². The van der Waals surface area contributed by atoms with Gasteiger partial charge in [-0.3, -0.25) is 4.79 Å². The van der Waals surface area contributed by atoms with E-state index in [1.165, 1.54) is 23.6 Å². The van der Waals surface area contributed by atoms with Crippen molar-refractivity contribution in [2.24, 2.45) is 11.8 Å². The van der Waals surface area contributed by atoms with E-state index in [2.05, 4.69) is 24.0 Å². The quantitative estimate of drug-likeness (QED) is 0.776. The van der Waals surface area contributed by atoms with Crippen LogP contribution in [0.3, 0.4) is 0 Å². The number of ether oxygens (including phenoxy) is 3. The van der Waals surface area contributed by atoms with E-state index in [0.29, 0.717) is 17.7 Å². The molecule has 3 aliphatic rings. The lowest BCUT2D eigenvalue weighted by Gasteiger charge is -2.46. The molecule has 2 aromatic rings. The minimum absolute atomic E-state index is 0. The van der Waals surface area contributed by atoms with Crippen molar-refractivity contribution >= 4 is 16.9 Å². The van der Waals surface area contributed by atoms with Gasteiger partial charge in [-0.05, 0) is 24.6 Å². The number of piperidine rings is 1. The lowest BCUT2D eigenvalue weighted by Crippen LogP contribution is -3.15. The second kappa shape index (κ2) is 6.55. The summed E-state index contributed by atoms with van der Waals surface area (Å²) in [6.45, 7) is 5.74. The van der Waals surface area contributed by atoms with E-state index in [-0.39, 0.29) is 22.3 Å². The van der Waals surface area contributed by atoms with Gasteiger partial charge in [0.2, 0.25) is 0 Å². The van der Waals surface area contributed by atoms with Gasteiger partial charge in [0.1, 0.15) is 29.9 Å². The maximum Gasteiger partial charge on any atom is 0.307 e. The van der Waals surface area contributed by atoms with Crippen LogP contribution in [0.2, 0.25) is 0 Å². The molecule has 0 radical (unpaired) electrons. The second-order valence-corrected chi connectivity index (χ2v) is 8.30. The number of hydrogen-bond acceptors (Lipinski definition) is 4. The number of benzene rings is 1. The molecule has 3 aliphatic heterocycles. The molecule has 1 aromatic carbocycles. The maximum atomic E-state index is 11.6. The number of nitrogens with one attached hydrogen (secondary N) is 2. The smallest absolute Gasteiger partial charge is 0.307 e. The number of fused-ring (bicyclic) bond motifs is 6. The van der Waals surface area contributed by atoms with E-state index in [1.807, 2.05) is 6.07 Å². The summed E-state index contributed by atoms with van der Waals surface area (Å²) in [4.78, 5) is 16.9. The molecular formula is C22H33N2O4+. The molecule has 28 heavy (non-hydrogen) atoms. The number of carbonyl (C=O) groups excluding carboxylic acids is 1. The summed E-state index contributed by atoms with van der Waals surface area (Å²) in [7, 11) is 1.70. The SMILES string of the molecule is COc1ccc2c3c([nH]c2c1)C1CC2C(OC(C)=O)=CO[C@@H](C)C2C[NH+]1CC3.[HH].[HH].[HH]. The summed E-state index contributed by atoms with van der Waals surface area (Å²) in [6, 6.07) is 6.67. The van der Waals surface area contributed by atoms with Crippen LogP contribution in [0.5, 0.6) is 5.75 Å². The Kier molecular flexibility index (Phi) is 4.12. The summed E-state index contributed by atoms with van der Waals surface area (Å²) in [5, 5.41) is 1.30. The van der Waals surface area contributed by atoms with Crippen LogP contribution in [0.4, 0.5) is 0 Å². The first-order valence-electron chi connectivity index (χ1n) is 10.1. The van der Waals surface area contributed by atoms with Crippen molar-refractivity contribution < 1.29 is 28.2 Å². The first-order valence-corrected chi connectivity index (χ1v) is 10.1. The molecule has 0 aliphatic carbocycles. The van der Waals surface area contributed by atoms with Crippen LogP contribution < -0.4 is 9.64 Å². The van der Waals surface area contributed by atoms with E-state index in [9.17, 15) is 4.79 Å². The minimum atomic E-state index is -0.278. The van der Waals surface area contributed by atoms with Crippen molar-refractivity contribution in [3.63, 3.8) is 0 Å². The molecule has 0 amide bonds. The molecule has 154 valence electrons. The van der Waals surface area contributed by atoms with E-state index >= 15 is 0 Å². The van der Waals surface area contributed by atoms with Crippen molar-refractivity contribution in [1.29, 1.82) is 0 Å². The van der Waals surface area contributed by atoms with E-state index in [0.717, 1.165) is 37.2 Å². The molecule has 1 saturated heterocycles. The van der Waals surface area contributed by atoms with Crippen molar-refractivity contribution in [2.75, 3.05) is 20.2 Å². The number of H-pyrrole nitrogens is 1. The maximum absolute atomic E-state index is 11.6. The summed E-state index contributed by atoms with van der Waals surface area (Å²) in [5.74, 6) is 1.88. The summed E-state index contributed by atoms with van der Waals surface area (Å²) in [5.41, 5.74) is 3.91. The predicted octanol–water partition coefficient (Wildman–Crippen LogP) is 2.86. The van der Waals surface area contributed by atoms with Gasteiger partial charge in [0.05, 0.1) is 31.8 Å². The Hall–Kier alpha value is -2.47. The fourth-order valence-electron chi connectivity index (χ4n) is 5.46. The summed E-state index contributed by atoms with van der Waals surface area (Å²) < 4.78 is 16.7. The monoisotopic (exact) mass is 389 g/mol. The zero-order chi connectivity index (χ0) is 19.4. The van der Waals surface area contributed by atoms with Gasteiger partial charge in [-0.15, -0.1) is 0 Å². The summed E-state index contributed by atoms with van der Waals surface area (Å²) in [6.07, 6.45) is 3.85. The highest BCUT2D eigenvalue weighted by Crippen LogP contribution is 2.41. The van der Waals surface area contributed by atoms with Crippen LogP contribution in [-0.4, -0.2) is 37.3 Å². The topological polar surface area (TPSA) is 65.0 Å². The molecule has 1 fully saturated rings. The predicted molar refractivity (Wildman–Crippen MR) is 110 cm³/mol. The average Bonchev–Trinajstić information content (AvgIpc) is 3.07. The van der Waals surface area contributed by atoms with Gasteiger partial charge in [-0.1, -0.05) is 0 Å². The lowest BCUT2D eigenvalue weighted by molar-refractivity contribution is -0.945. The Labute approximate surface area is 168 Å². The van der Waals surface area contributed by atoms with Crippen LogP contribution in [0, 0.1) is 11.8 Å². The van der Waals surface area contributed by atoms with Gasteiger partial charge in [-0.2, -0.15) is 0 Å². The molecule has 6 nitrogen and oxygen atoms in total. The Bertz CT molecular complexity index is 977. The number of aromatic nitrogens is 1. The third-order valence-corrected chi connectivity index (χ3v) is 6.82. The molecule has 0 saturated carbocycles. The van der Waals surface area contributed by atoms with Gasteiger partial charge in [-0.25, -0.2) is 0 Å². The first kappa shape index (κ1) is 17.6. The number of allylic oxidation sites excluding steroid dienone is 1. The highest BCUT2D eigenvalue weighted by molar-refractivity contribution is 5.86. The average molecular weight is 390 g/mol. The third-order valence-electron chi connectivity index (χ3n) is 6.82. The largest absolute Gasteiger partial charge is 0.497 e. The molecule has 0 spiro atoms. The molecule has 0 bridgehead atoms. The number of rotatable bonds is 2. The second-order valence-electron chi connectivity index (χ2n) is 8.30. The van der Waals surface area contributed by atoms with Crippen LogP contribution in [0.25, 0.3) is 10.9 Å². The standard InChI is InChI=1S/C22H26N2O4.3H2/c1-12-18-10-24-7-6-16-15-5-4-14(26-3)8-19(15)23-22(16)20(24)9-17(18)21(11-27-12)28-13(2)25;;;/h4-5,8,11-12,17-18,20,23H,6-7,9-10H2,1-3H3;3*1H/p+1/t12-,17?,18?,20?;;;/m0.../s1. The van der Waals surface area contributed by atoms with Gasteiger partial charge in [0, 0.05) is 46.9 Å². The van der Waals surface area contributed by atoms with Gasteiger partial charge in [0.25, 0.3) is 0 Å². The van der Waals surface area contributed by atoms with Crippen molar-refractivity contribution in [1.82, 2.24) is 4.98 Å². The van der Waals surface area contributed by atoms with Gasteiger partial charge in [0.15, 0.2) is 0 Å². The fraction of sp³-hybridized carbons (Fsp3) is 0.500. The lowest BCUT2D eigenvalue weighted by atomic mass is 9.74. The van der Waals surface area contributed by atoms with Gasteiger partial charge >= 0.3 is 5.97 Å². The number of carbonyl (C=O) groups is 1. The highest BCUT2D eigenvalue weighted by Gasteiger charge is 2.49. The fourth-order valence-corrected chi connectivity index (χ4v) is 5.46. The molecule has 4 unspecified atom stereocenters. The Morgan fingerprint density at radius 2 is 2.25 bits per heavy atom. The van der Waals surface area contributed by atoms with Crippen molar-refractivity contribution in [3.05, 3.63) is 41.5 Å². The Balaban J connectivity index is 0.00000114. The van der Waals surface area contributed by atoms with Crippen LogP contribution in [-0.2, 0) is 20.7 Å². The zero-order valence-electron chi connectivity index (χ0n) is 16.6. The number of quaternary nitrogens is 1. The molecule has 2 N–H and O–H groups in total. The first-order chi connectivity index (χ1) is 13.5. The van der Waals surface area contributed by atoms with Crippen LogP contribution in [0.15, 0.2) is 30.2 Å². The Morgan fingerprint density at radius 1 is 1.39 bits per heavy atom. The van der Waals surface area contributed by atoms with Gasteiger partial charge < -0.3 is 24.1 Å². The molecule has 1 aromatic heterocycles. The minimum Gasteiger partial charge on any atom is -0.497 e. The van der Waals surface area contributed by atoms with Crippen molar-refractivity contribution in [3.8, 4) is 5.75 Å². The molecule has 6 heteroatoms. The zero-order valence-corrected chi connectivity index (χ0v) is 16.6. The number of esters is 1. The molecule has 5 rings (SSSR count). The highest BCUT2D eigenvalue weighted by atomic mass is 16.6. The van der Waals surface area contributed by atoms with E-state index in [4.69, 9.17) is 14.2 Å². The summed E-state index contributed by atoms with van der Waals surface area (Å²) >= 11 is 0. The number of aromatic amines is 1. The van der Waals surface area contributed by atoms with E-state index < -0.39 is 0 Å². The van der Waals surface area contributed by atoms with Crippen molar-refractivity contribution in [2.45, 2.75) is 38.8 Å². The molecular weight excluding hydrogens is 356 g/mol. The number of hydrogen-bond donors (Lipinski definition) is 2. The molecule has 4 heterocycles. The van der Waals surface area contributed by atoms with E-state index in [1.54, 1.807) is 18.3 Å². The Morgan fingerprint density at radius 3 is 3.04 bits per heavy atom. The molecule has 5 atom stereocenters.